The number of ether oxygens (including phenoxy) is 2. The van der Waals surface area contributed by atoms with Crippen LogP contribution in [0.25, 0.3) is 0 Å². The average molecular weight is 447 g/mol. The van der Waals surface area contributed by atoms with Gasteiger partial charge in [0.25, 0.3) is 5.76 Å². The maximum atomic E-state index is 15.3. The number of amides is 1. The predicted octanol–water partition coefficient (Wildman–Crippen LogP) is 4.23. The molecule has 0 aromatic rings. The number of allylic oxidation sites excluding steroid dienone is 2. The summed E-state index contributed by atoms with van der Waals surface area (Å²) in [7, 11) is 1.33. The monoisotopic (exact) mass is 446 g/mol. The van der Waals surface area contributed by atoms with Gasteiger partial charge in [-0.1, -0.05) is 13.0 Å². The minimum Gasteiger partial charge on any atom is -0.582 e. The van der Waals surface area contributed by atoms with Crippen LogP contribution in [0.4, 0.5) is 4.39 Å². The van der Waals surface area contributed by atoms with Crippen LogP contribution in [0.1, 0.15) is 71.1 Å². The quantitative estimate of drug-likeness (QED) is 0.453. The Morgan fingerprint density at radius 1 is 1.12 bits per heavy atom. The largest absolute Gasteiger partial charge is 0.582 e. The van der Waals surface area contributed by atoms with Gasteiger partial charge in [0.05, 0.1) is 13.0 Å². The highest BCUT2D eigenvalue weighted by atomic mass is 19.1. The molecule has 1 saturated heterocycles. The van der Waals surface area contributed by atoms with Gasteiger partial charge < -0.3 is 14.4 Å². The van der Waals surface area contributed by atoms with Crippen LogP contribution < -0.4 is 0 Å². The van der Waals surface area contributed by atoms with E-state index < -0.39 is 24.1 Å². The molecule has 3 atom stereocenters. The van der Waals surface area contributed by atoms with E-state index in [2.05, 4.69) is 6.92 Å². The predicted molar refractivity (Wildman–Crippen MR) is 119 cm³/mol. The lowest BCUT2D eigenvalue weighted by Gasteiger charge is -2.36. The average Bonchev–Trinajstić information content (AvgIpc) is 3.72. The molecule has 176 valence electrons. The molecule has 1 spiro atoms. The van der Waals surface area contributed by atoms with Gasteiger partial charge in [0.1, 0.15) is 12.2 Å². The van der Waals surface area contributed by atoms with Gasteiger partial charge in [-0.05, 0) is 75.5 Å². The Morgan fingerprint density at radius 2 is 1.81 bits per heavy atom. The Bertz CT molecular complexity index is 831. The third-order valence-corrected chi connectivity index (χ3v) is 8.73. The first-order chi connectivity index (χ1) is 15.3. The van der Waals surface area contributed by atoms with Crippen molar-refractivity contribution < 1.29 is 23.5 Å². The first-order valence-electron chi connectivity index (χ1n) is 12.5. The third-order valence-electron chi connectivity index (χ3n) is 8.73. The molecule has 0 aromatic heterocycles. The number of esters is 1. The van der Waals surface area contributed by atoms with Crippen molar-refractivity contribution in [1.82, 2.24) is 4.90 Å². The first-order valence-corrected chi connectivity index (χ1v) is 12.5. The minimum absolute atomic E-state index is 0.200. The highest BCUT2D eigenvalue weighted by molar-refractivity contribution is 5.88. The zero-order chi connectivity index (χ0) is 22.5. The summed E-state index contributed by atoms with van der Waals surface area (Å²) in [4.78, 5) is 26.8. The Balaban J connectivity index is 1.27. The summed E-state index contributed by atoms with van der Waals surface area (Å²) in [6.07, 6.45) is 13.3. The van der Waals surface area contributed by atoms with E-state index >= 15 is 4.39 Å². The van der Waals surface area contributed by atoms with Crippen molar-refractivity contribution in [2.24, 2.45) is 22.7 Å². The number of aliphatic hydroxyl groups is 2. The van der Waals surface area contributed by atoms with Crippen molar-refractivity contribution >= 4 is 11.9 Å². The van der Waals surface area contributed by atoms with Crippen LogP contribution in [0.3, 0.4) is 0 Å². The van der Waals surface area contributed by atoms with Gasteiger partial charge in [-0.15, -0.1) is 0 Å². The molecule has 5 nitrogen and oxygen atoms in total. The summed E-state index contributed by atoms with van der Waals surface area (Å²) >= 11 is 0. The smallest absolute Gasteiger partial charge is 0.328 e. The van der Waals surface area contributed by atoms with E-state index in [4.69, 9.17) is 9.47 Å². The molecule has 4 aliphatic carbocycles. The molecular weight excluding hydrogens is 409 g/mol. The van der Waals surface area contributed by atoms with Gasteiger partial charge >= 0.3 is 5.97 Å². The highest BCUT2D eigenvalue weighted by Gasteiger charge is 2.49. The number of halogens is 1. The van der Waals surface area contributed by atoms with E-state index in [1.54, 1.807) is 6.08 Å². The van der Waals surface area contributed by atoms with Gasteiger partial charge in [0.15, 0.2) is 6.61 Å². The maximum absolute atomic E-state index is 15.3. The number of nitrogens with zero attached hydrogens (tertiary/aromatic N) is 1. The number of methoxy groups -OCH3 is 1. The Hall–Kier alpha value is -1.85. The molecule has 5 aliphatic rings. The molecule has 0 radical (unpaired) electrons. The zero-order valence-corrected chi connectivity index (χ0v) is 19.4. The lowest BCUT2D eigenvalue weighted by Crippen LogP contribution is -2.46. The van der Waals surface area contributed by atoms with Crippen LogP contribution >= 0.6 is 0 Å². The molecule has 2 unspecified atom stereocenters. The number of likely N-dealkylation sites (tertiary alicyclic amines) is 1. The van der Waals surface area contributed by atoms with E-state index in [0.717, 1.165) is 37.2 Å². The number of carbonyl (C=O) groups is 2. The van der Waals surface area contributed by atoms with Crippen LogP contribution in [0, 0.1) is 22.7 Å². The number of alkyl halides is 1. The second-order valence-corrected chi connectivity index (χ2v) is 11.3. The fourth-order valence-corrected chi connectivity index (χ4v) is 5.91. The molecule has 4 fully saturated rings. The van der Waals surface area contributed by atoms with Crippen molar-refractivity contribution in [3.05, 3.63) is 23.5 Å². The van der Waals surface area contributed by atoms with E-state index in [1.165, 1.54) is 50.5 Å². The lowest BCUT2D eigenvalue weighted by molar-refractivity contribution is -0.152. The Morgan fingerprint density at radius 3 is 2.44 bits per heavy atom. The molecule has 1 amide bonds. The molecular formula is C26H37FNO4+. The SMILES string of the molecule is COC(=O)[C@@H]1CCCN1C(=O)C1C=C(C2CC2)C([OH+]CC2(C)CCC3(CC2)CC3)=CC1F. The van der Waals surface area contributed by atoms with E-state index in [-0.39, 0.29) is 11.3 Å². The molecule has 1 aliphatic heterocycles. The van der Waals surface area contributed by atoms with Gasteiger partial charge in [-0.25, -0.2) is 9.18 Å². The Labute approximate surface area is 190 Å². The molecule has 0 aromatic carbocycles. The normalized spacial score (nSPS) is 32.8. The van der Waals surface area contributed by atoms with Gasteiger partial charge in [-0.2, -0.15) is 0 Å². The van der Waals surface area contributed by atoms with Gasteiger partial charge in [-0.3, -0.25) is 4.79 Å². The van der Waals surface area contributed by atoms with Crippen LogP contribution in [-0.4, -0.2) is 54.0 Å². The van der Waals surface area contributed by atoms with Crippen LogP contribution in [-0.2, 0) is 14.3 Å². The summed E-state index contributed by atoms with van der Waals surface area (Å²) in [5.74, 6) is -0.421. The standard InChI is InChI=1S/C26H36FNO4/c1-25(7-9-26(10-8-25)11-12-26)16-32-22-15-20(27)19(14-18(22)17-5-6-17)23(29)28-13-3-4-21(28)24(30)31-2/h14-15,17,19-21H,3-13,16H2,1-2H3/p+1/t19?,20?,21-/m0/s1. The summed E-state index contributed by atoms with van der Waals surface area (Å²) in [5.41, 5.74) is 1.90. The minimum atomic E-state index is -1.41. The summed E-state index contributed by atoms with van der Waals surface area (Å²) in [6, 6.07) is -0.589. The topological polar surface area (TPSA) is 59.4 Å². The molecule has 32 heavy (non-hydrogen) atoms. The summed E-state index contributed by atoms with van der Waals surface area (Å²) in [5, 5.41) is 0. The molecule has 6 heteroatoms. The van der Waals surface area contributed by atoms with Crippen molar-refractivity contribution in [2.75, 3.05) is 20.3 Å². The van der Waals surface area contributed by atoms with Crippen molar-refractivity contribution in [2.45, 2.75) is 83.3 Å². The molecule has 1 heterocycles. The second kappa shape index (κ2) is 8.18. The molecule has 0 bridgehead atoms. The second-order valence-electron chi connectivity index (χ2n) is 11.3. The van der Waals surface area contributed by atoms with Gasteiger partial charge in [0, 0.05) is 23.6 Å². The van der Waals surface area contributed by atoms with E-state index in [0.29, 0.717) is 24.3 Å². The summed E-state index contributed by atoms with van der Waals surface area (Å²) in [6.45, 7) is 3.55. The number of carbonyl (C=O) groups excluding carboxylic acids is 2. The maximum Gasteiger partial charge on any atom is 0.328 e. The van der Waals surface area contributed by atoms with Gasteiger partial charge in [0.2, 0.25) is 5.91 Å². The van der Waals surface area contributed by atoms with E-state index in [1.807, 2.05) is 6.08 Å². The number of hydrogen-bond acceptors (Lipinski definition) is 3. The summed E-state index contributed by atoms with van der Waals surface area (Å²) < 4.78 is 25.1. The lowest BCUT2D eigenvalue weighted by atomic mass is 9.70. The molecule has 3 saturated carbocycles. The first kappa shape index (κ1) is 22.0. The Kier molecular flexibility index (Phi) is 5.61. The van der Waals surface area contributed by atoms with Crippen LogP contribution in [0.5, 0.6) is 0 Å². The van der Waals surface area contributed by atoms with Crippen molar-refractivity contribution in [1.29, 1.82) is 0 Å². The zero-order valence-electron chi connectivity index (χ0n) is 19.4. The number of rotatable bonds is 6. The fourth-order valence-electron chi connectivity index (χ4n) is 5.91. The molecule has 5 rings (SSSR count). The highest BCUT2D eigenvalue weighted by Crippen LogP contribution is 2.59. The fraction of sp³-hybridized carbons (Fsp3) is 0.769. The van der Waals surface area contributed by atoms with Crippen molar-refractivity contribution in [3.8, 4) is 0 Å². The number of hydrogen-bond donors (Lipinski definition) is 0. The van der Waals surface area contributed by atoms with Crippen LogP contribution in [0.15, 0.2) is 23.5 Å². The van der Waals surface area contributed by atoms with E-state index in [9.17, 15) is 9.59 Å². The van der Waals surface area contributed by atoms with Crippen LogP contribution in [0.2, 0.25) is 0 Å². The third kappa shape index (κ3) is 4.22. The van der Waals surface area contributed by atoms with Crippen molar-refractivity contribution in [3.63, 3.8) is 0 Å². The molecule has 1 N–H and O–H groups in total.